The van der Waals surface area contributed by atoms with Crippen LogP contribution in [0.25, 0.3) is 11.3 Å². The number of likely N-dealkylation sites (tertiary alicyclic amines) is 1. The number of carboxylic acid groups (broad SMARTS) is 1. The van der Waals surface area contributed by atoms with Crippen molar-refractivity contribution in [3.63, 3.8) is 0 Å². The second-order valence-electron chi connectivity index (χ2n) is 6.39. The number of aliphatic carboxylic acids is 1. The number of H-pyrrole nitrogens is 1. The molecular formula is C18H20F3N3O3. The topological polar surface area (TPSA) is 86.3 Å². The van der Waals surface area contributed by atoms with E-state index in [1.165, 1.54) is 0 Å². The highest BCUT2D eigenvalue weighted by molar-refractivity contribution is 5.80. The summed E-state index contributed by atoms with van der Waals surface area (Å²) in [5.74, 6) is -1.43. The molecule has 9 heteroatoms. The lowest BCUT2D eigenvalue weighted by molar-refractivity contribution is -0.192. The Labute approximate surface area is 154 Å². The van der Waals surface area contributed by atoms with Crippen molar-refractivity contribution in [2.45, 2.75) is 38.4 Å². The number of rotatable bonds is 3. The molecule has 146 valence electrons. The second-order valence-corrected chi connectivity index (χ2v) is 6.39. The maximum atomic E-state index is 12.0. The SMILES string of the molecule is CC(C)N1CC(c2ncc(-c3ccccc3)[nH]2)CC1=O.O=C(O)C(F)(F)F. The molecule has 0 radical (unpaired) electrons. The zero-order chi connectivity index (χ0) is 20.2. The summed E-state index contributed by atoms with van der Waals surface area (Å²) in [7, 11) is 0. The van der Waals surface area contributed by atoms with Gasteiger partial charge in [0, 0.05) is 24.9 Å². The third-order valence-electron chi connectivity index (χ3n) is 4.09. The normalized spacial score (nSPS) is 17.0. The van der Waals surface area contributed by atoms with Gasteiger partial charge in [-0.3, -0.25) is 4.79 Å². The fourth-order valence-corrected chi connectivity index (χ4v) is 2.72. The average Bonchev–Trinajstić information content (AvgIpc) is 3.22. The number of benzene rings is 1. The van der Waals surface area contributed by atoms with Crippen molar-refractivity contribution < 1.29 is 27.9 Å². The van der Waals surface area contributed by atoms with Crippen LogP contribution in [0.15, 0.2) is 36.5 Å². The molecule has 27 heavy (non-hydrogen) atoms. The van der Waals surface area contributed by atoms with E-state index in [0.717, 1.165) is 23.6 Å². The third kappa shape index (κ3) is 5.32. The number of hydrogen-bond acceptors (Lipinski definition) is 3. The van der Waals surface area contributed by atoms with Crippen LogP contribution in [0.4, 0.5) is 13.2 Å². The number of carboxylic acids is 1. The Kier molecular flexibility index (Phi) is 6.24. The van der Waals surface area contributed by atoms with Crippen LogP contribution in [0.1, 0.15) is 32.0 Å². The van der Waals surface area contributed by atoms with Crippen LogP contribution >= 0.6 is 0 Å². The van der Waals surface area contributed by atoms with Crippen molar-refractivity contribution >= 4 is 11.9 Å². The molecule has 0 saturated carbocycles. The maximum Gasteiger partial charge on any atom is 0.490 e. The molecule has 1 fully saturated rings. The first-order chi connectivity index (χ1) is 12.6. The number of hydrogen-bond donors (Lipinski definition) is 2. The van der Waals surface area contributed by atoms with Crippen molar-refractivity contribution in [1.82, 2.24) is 14.9 Å². The molecule has 1 atom stereocenters. The van der Waals surface area contributed by atoms with Gasteiger partial charge in [-0.1, -0.05) is 30.3 Å². The Bertz CT molecular complexity index is 788. The van der Waals surface area contributed by atoms with Gasteiger partial charge in [-0.25, -0.2) is 9.78 Å². The van der Waals surface area contributed by atoms with Gasteiger partial charge in [-0.2, -0.15) is 13.2 Å². The minimum atomic E-state index is -5.08. The van der Waals surface area contributed by atoms with E-state index in [0.29, 0.717) is 6.42 Å². The Morgan fingerprint density at radius 3 is 2.37 bits per heavy atom. The number of alkyl halides is 3. The van der Waals surface area contributed by atoms with Gasteiger partial charge in [0.1, 0.15) is 5.82 Å². The summed E-state index contributed by atoms with van der Waals surface area (Å²) in [6.07, 6.45) is -2.67. The smallest absolute Gasteiger partial charge is 0.475 e. The number of imidazole rings is 1. The minimum Gasteiger partial charge on any atom is -0.475 e. The van der Waals surface area contributed by atoms with Gasteiger partial charge in [0.25, 0.3) is 0 Å². The van der Waals surface area contributed by atoms with Gasteiger partial charge in [-0.15, -0.1) is 0 Å². The largest absolute Gasteiger partial charge is 0.490 e. The lowest BCUT2D eigenvalue weighted by atomic mass is 10.1. The number of carbonyl (C=O) groups excluding carboxylic acids is 1. The van der Waals surface area contributed by atoms with Crippen LogP contribution in [0.2, 0.25) is 0 Å². The number of amides is 1. The number of nitrogens with one attached hydrogen (secondary N) is 1. The van der Waals surface area contributed by atoms with Gasteiger partial charge in [-0.05, 0) is 19.4 Å². The Morgan fingerprint density at radius 1 is 1.30 bits per heavy atom. The summed E-state index contributed by atoms with van der Waals surface area (Å²) < 4.78 is 31.7. The van der Waals surface area contributed by atoms with Crippen LogP contribution in [-0.4, -0.2) is 50.6 Å². The van der Waals surface area contributed by atoms with Gasteiger partial charge < -0.3 is 15.0 Å². The first-order valence-electron chi connectivity index (χ1n) is 8.29. The lowest BCUT2D eigenvalue weighted by Gasteiger charge is -2.20. The summed E-state index contributed by atoms with van der Waals surface area (Å²) in [6, 6.07) is 10.4. The molecule has 1 aliphatic rings. The summed E-state index contributed by atoms with van der Waals surface area (Å²) in [6.45, 7) is 4.87. The molecule has 1 saturated heterocycles. The van der Waals surface area contributed by atoms with E-state index in [2.05, 4.69) is 35.9 Å². The summed E-state index contributed by atoms with van der Waals surface area (Å²) in [5.41, 5.74) is 2.13. The fourth-order valence-electron chi connectivity index (χ4n) is 2.72. The molecular weight excluding hydrogens is 363 g/mol. The summed E-state index contributed by atoms with van der Waals surface area (Å²) in [4.78, 5) is 30.6. The molecule has 2 heterocycles. The van der Waals surface area contributed by atoms with Crippen molar-refractivity contribution in [3.05, 3.63) is 42.4 Å². The molecule has 2 aromatic rings. The molecule has 1 unspecified atom stereocenters. The van der Waals surface area contributed by atoms with Crippen LogP contribution < -0.4 is 0 Å². The standard InChI is InChI=1S/C16H19N3O.C2HF3O2/c1-11(2)19-10-13(8-15(19)20)16-17-9-14(18-16)12-6-4-3-5-7-12;3-2(4,5)1(6)7/h3-7,9,11,13H,8,10H2,1-2H3,(H,17,18);(H,6,7). The predicted molar refractivity (Wildman–Crippen MR) is 91.9 cm³/mol. The van der Waals surface area contributed by atoms with Gasteiger partial charge in [0.2, 0.25) is 5.91 Å². The molecule has 1 amide bonds. The van der Waals surface area contributed by atoms with Gasteiger partial charge in [0.15, 0.2) is 0 Å². The predicted octanol–water partition coefficient (Wildman–Crippen LogP) is 3.43. The number of halogens is 3. The van der Waals surface area contributed by atoms with E-state index in [4.69, 9.17) is 9.90 Å². The quantitative estimate of drug-likeness (QED) is 0.850. The zero-order valence-electron chi connectivity index (χ0n) is 14.8. The summed E-state index contributed by atoms with van der Waals surface area (Å²) >= 11 is 0. The van der Waals surface area contributed by atoms with Crippen molar-refractivity contribution in [1.29, 1.82) is 0 Å². The summed E-state index contributed by atoms with van der Waals surface area (Å²) in [5, 5.41) is 7.12. The number of aromatic nitrogens is 2. The Morgan fingerprint density at radius 2 is 1.89 bits per heavy atom. The monoisotopic (exact) mass is 383 g/mol. The zero-order valence-corrected chi connectivity index (χ0v) is 14.8. The average molecular weight is 383 g/mol. The fraction of sp³-hybridized carbons (Fsp3) is 0.389. The van der Waals surface area contributed by atoms with E-state index >= 15 is 0 Å². The molecule has 2 N–H and O–H groups in total. The highest BCUT2D eigenvalue weighted by Crippen LogP contribution is 2.29. The van der Waals surface area contributed by atoms with E-state index in [9.17, 15) is 18.0 Å². The first-order valence-corrected chi connectivity index (χ1v) is 8.29. The molecule has 0 aliphatic carbocycles. The van der Waals surface area contributed by atoms with Gasteiger partial charge >= 0.3 is 12.1 Å². The van der Waals surface area contributed by atoms with Crippen LogP contribution in [0.3, 0.4) is 0 Å². The first kappa shape index (κ1) is 20.5. The van der Waals surface area contributed by atoms with Crippen molar-refractivity contribution in [2.75, 3.05) is 6.54 Å². The maximum absolute atomic E-state index is 12.0. The van der Waals surface area contributed by atoms with Gasteiger partial charge in [0.05, 0.1) is 11.9 Å². The van der Waals surface area contributed by atoms with E-state index < -0.39 is 12.1 Å². The number of nitrogens with zero attached hydrogens (tertiary/aromatic N) is 2. The second kappa shape index (κ2) is 8.24. The molecule has 0 bridgehead atoms. The highest BCUT2D eigenvalue weighted by Gasteiger charge is 2.38. The molecule has 1 aromatic carbocycles. The number of carbonyl (C=O) groups is 2. The molecule has 0 spiro atoms. The Hall–Kier alpha value is -2.84. The molecule has 6 nitrogen and oxygen atoms in total. The van der Waals surface area contributed by atoms with Crippen molar-refractivity contribution in [3.8, 4) is 11.3 Å². The van der Waals surface area contributed by atoms with Crippen molar-refractivity contribution in [2.24, 2.45) is 0 Å². The third-order valence-corrected chi connectivity index (χ3v) is 4.09. The minimum absolute atomic E-state index is 0.183. The number of aromatic amines is 1. The van der Waals surface area contributed by atoms with E-state index in [-0.39, 0.29) is 17.9 Å². The van der Waals surface area contributed by atoms with E-state index in [1.807, 2.05) is 29.3 Å². The molecule has 1 aliphatic heterocycles. The molecule has 1 aromatic heterocycles. The Balaban J connectivity index is 0.000000321. The van der Waals surface area contributed by atoms with Crippen LogP contribution in [0.5, 0.6) is 0 Å². The van der Waals surface area contributed by atoms with E-state index in [1.54, 1.807) is 0 Å². The lowest BCUT2D eigenvalue weighted by Crippen LogP contribution is -2.31. The highest BCUT2D eigenvalue weighted by atomic mass is 19.4. The molecule has 3 rings (SSSR count). The van der Waals surface area contributed by atoms with Crippen LogP contribution in [0, 0.1) is 0 Å². The van der Waals surface area contributed by atoms with Crippen LogP contribution in [-0.2, 0) is 9.59 Å².